The van der Waals surface area contributed by atoms with Gasteiger partial charge in [0.25, 0.3) is 11.6 Å². The molecule has 0 spiro atoms. The number of phenolic OH excluding ortho intramolecular Hbond substituents is 1. The Hall–Kier alpha value is -3.15. The van der Waals surface area contributed by atoms with Crippen molar-refractivity contribution in [3.05, 3.63) is 58.9 Å². The second-order valence-electron chi connectivity index (χ2n) is 6.54. The Bertz CT molecular complexity index is 1020. The molecule has 1 aliphatic rings. The van der Waals surface area contributed by atoms with Crippen LogP contribution in [0.25, 0.3) is 16.7 Å². The van der Waals surface area contributed by atoms with E-state index in [0.29, 0.717) is 35.4 Å². The molecule has 0 saturated carbocycles. The lowest BCUT2D eigenvalue weighted by Crippen LogP contribution is -2.34. The smallest absolute Gasteiger partial charge is 0.258 e. The fraction of sp³-hybridized carbons (Fsp3) is 0.250. The molecule has 3 aromatic rings. The molecule has 6 heteroatoms. The van der Waals surface area contributed by atoms with Crippen molar-refractivity contribution >= 4 is 22.6 Å². The van der Waals surface area contributed by atoms with Crippen molar-refractivity contribution in [3.8, 4) is 5.75 Å². The lowest BCUT2D eigenvalue weighted by molar-refractivity contribution is 0.0774. The number of amides is 1. The van der Waals surface area contributed by atoms with Crippen molar-refractivity contribution in [3.63, 3.8) is 0 Å². The zero-order valence-electron chi connectivity index (χ0n) is 14.7. The van der Waals surface area contributed by atoms with E-state index in [2.05, 4.69) is 16.2 Å². The predicted molar refractivity (Wildman–Crippen MR) is 97.9 cm³/mol. The third-order valence-electron chi connectivity index (χ3n) is 4.71. The average Bonchev–Trinajstić information content (AvgIpc) is 3.02. The van der Waals surface area contributed by atoms with Gasteiger partial charge in [0, 0.05) is 18.8 Å². The highest BCUT2D eigenvalue weighted by Crippen LogP contribution is 2.27. The van der Waals surface area contributed by atoms with Gasteiger partial charge in [-0.05, 0) is 49.6 Å². The molecular weight excluding hydrogens is 330 g/mol. The summed E-state index contributed by atoms with van der Waals surface area (Å²) in [6.07, 6.45) is 2.84. The fourth-order valence-corrected chi connectivity index (χ4v) is 3.35. The Labute approximate surface area is 150 Å². The summed E-state index contributed by atoms with van der Waals surface area (Å²) < 4.78 is 5.23. The van der Waals surface area contributed by atoms with Gasteiger partial charge < -0.3 is 14.5 Å². The lowest BCUT2D eigenvalue weighted by Gasteiger charge is -2.27. The molecule has 1 aromatic carbocycles. The maximum atomic E-state index is 13.1. The molecule has 0 atom stereocenters. The third kappa shape index (κ3) is 2.83. The highest BCUT2D eigenvalue weighted by Gasteiger charge is 2.24. The number of aromatic hydroxyl groups is 1. The quantitative estimate of drug-likeness (QED) is 0.766. The van der Waals surface area contributed by atoms with Crippen molar-refractivity contribution in [1.82, 2.24) is 15.0 Å². The molecule has 0 saturated heterocycles. The molecule has 4 rings (SSSR count). The molecule has 0 aliphatic carbocycles. The molecule has 1 aliphatic heterocycles. The highest BCUT2D eigenvalue weighted by atomic mass is 16.5. The topological polar surface area (TPSA) is 79.5 Å². The Morgan fingerprint density at radius 2 is 2.00 bits per heavy atom. The number of rotatable bonds is 2. The van der Waals surface area contributed by atoms with Gasteiger partial charge >= 0.3 is 0 Å². The summed E-state index contributed by atoms with van der Waals surface area (Å²) in [6, 6.07) is 8.95. The first-order valence-electron chi connectivity index (χ1n) is 8.54. The number of phenols is 1. The SMILES string of the molecule is Cc1cc(C(=O)N2CC=C(c3ccc(O)cc3)CC2)c2c(C)noc2n1. The van der Waals surface area contributed by atoms with Crippen molar-refractivity contribution in [2.24, 2.45) is 0 Å². The Morgan fingerprint density at radius 3 is 2.69 bits per heavy atom. The second kappa shape index (κ2) is 6.29. The summed E-state index contributed by atoms with van der Waals surface area (Å²) in [7, 11) is 0. The van der Waals surface area contributed by atoms with Crippen LogP contribution in [0.1, 0.15) is 33.7 Å². The number of hydrogen-bond acceptors (Lipinski definition) is 5. The summed E-state index contributed by atoms with van der Waals surface area (Å²) in [5.74, 6) is 0.218. The van der Waals surface area contributed by atoms with Gasteiger partial charge in [0.1, 0.15) is 5.75 Å². The second-order valence-corrected chi connectivity index (χ2v) is 6.54. The molecule has 1 amide bonds. The van der Waals surface area contributed by atoms with Crippen LogP contribution in [0.15, 0.2) is 40.9 Å². The maximum Gasteiger partial charge on any atom is 0.258 e. The lowest BCUT2D eigenvalue weighted by atomic mass is 9.98. The number of fused-ring (bicyclic) bond motifs is 1. The number of pyridine rings is 1. The molecule has 0 radical (unpaired) electrons. The number of benzene rings is 1. The van der Waals surface area contributed by atoms with Crippen LogP contribution in [0.4, 0.5) is 0 Å². The molecule has 1 N–H and O–H groups in total. The van der Waals surface area contributed by atoms with Crippen molar-refractivity contribution in [2.75, 3.05) is 13.1 Å². The van der Waals surface area contributed by atoms with E-state index in [1.807, 2.05) is 30.9 Å². The van der Waals surface area contributed by atoms with Gasteiger partial charge in [0.05, 0.1) is 16.6 Å². The number of carbonyl (C=O) groups is 1. The Kier molecular flexibility index (Phi) is 3.95. The zero-order chi connectivity index (χ0) is 18.3. The van der Waals surface area contributed by atoms with E-state index in [9.17, 15) is 9.90 Å². The summed E-state index contributed by atoms with van der Waals surface area (Å²) in [5.41, 5.74) is 4.66. The molecule has 3 heterocycles. The van der Waals surface area contributed by atoms with E-state index >= 15 is 0 Å². The van der Waals surface area contributed by atoms with Crippen LogP contribution in [-0.4, -0.2) is 39.1 Å². The van der Waals surface area contributed by atoms with Gasteiger partial charge in [-0.2, -0.15) is 0 Å². The average molecular weight is 349 g/mol. The van der Waals surface area contributed by atoms with E-state index in [1.165, 1.54) is 5.57 Å². The third-order valence-corrected chi connectivity index (χ3v) is 4.71. The van der Waals surface area contributed by atoms with Gasteiger partial charge in [-0.1, -0.05) is 23.4 Å². The van der Waals surface area contributed by atoms with Crippen molar-refractivity contribution in [2.45, 2.75) is 20.3 Å². The van der Waals surface area contributed by atoms with Crippen LogP contribution < -0.4 is 0 Å². The number of nitrogens with zero attached hydrogens (tertiary/aromatic N) is 3. The molecule has 132 valence electrons. The molecule has 2 aromatic heterocycles. The summed E-state index contributed by atoms with van der Waals surface area (Å²) in [6.45, 7) is 4.84. The Balaban J connectivity index is 1.61. The summed E-state index contributed by atoms with van der Waals surface area (Å²) in [4.78, 5) is 19.2. The van der Waals surface area contributed by atoms with Crippen LogP contribution >= 0.6 is 0 Å². The van der Waals surface area contributed by atoms with Gasteiger partial charge in [-0.3, -0.25) is 4.79 Å². The van der Waals surface area contributed by atoms with Gasteiger partial charge in [-0.15, -0.1) is 0 Å². The fourth-order valence-electron chi connectivity index (χ4n) is 3.35. The minimum Gasteiger partial charge on any atom is -0.508 e. The summed E-state index contributed by atoms with van der Waals surface area (Å²) in [5, 5.41) is 14.1. The first-order chi connectivity index (χ1) is 12.5. The molecule has 0 unspecified atom stereocenters. The van der Waals surface area contributed by atoms with Gasteiger partial charge in [-0.25, -0.2) is 4.98 Å². The van der Waals surface area contributed by atoms with Crippen molar-refractivity contribution in [1.29, 1.82) is 0 Å². The first kappa shape index (κ1) is 16.3. The normalized spacial score (nSPS) is 14.5. The number of carbonyl (C=O) groups excluding carboxylic acids is 1. The largest absolute Gasteiger partial charge is 0.508 e. The summed E-state index contributed by atoms with van der Waals surface area (Å²) >= 11 is 0. The minimum absolute atomic E-state index is 0.0344. The van der Waals surface area contributed by atoms with Gasteiger partial charge in [0.15, 0.2) is 0 Å². The highest BCUT2D eigenvalue weighted by molar-refractivity contribution is 6.06. The molecule has 0 fully saturated rings. The molecule has 26 heavy (non-hydrogen) atoms. The molecular formula is C20H19N3O3. The van der Waals surface area contributed by atoms with Crippen LogP contribution in [0.5, 0.6) is 5.75 Å². The number of hydrogen-bond donors (Lipinski definition) is 1. The van der Waals surface area contributed by atoms with E-state index in [4.69, 9.17) is 4.52 Å². The Morgan fingerprint density at radius 1 is 1.23 bits per heavy atom. The van der Waals surface area contributed by atoms with Gasteiger partial charge in [0.2, 0.25) is 0 Å². The van der Waals surface area contributed by atoms with Crippen LogP contribution in [0, 0.1) is 13.8 Å². The standard InChI is InChI=1S/C20H19N3O3/c1-12-11-17(18-13(2)22-26-19(18)21-12)20(25)23-9-7-15(8-10-23)14-3-5-16(24)6-4-14/h3-7,11,24H,8-10H2,1-2H3. The van der Waals surface area contributed by atoms with Crippen LogP contribution in [0.3, 0.4) is 0 Å². The van der Waals surface area contributed by atoms with Crippen molar-refractivity contribution < 1.29 is 14.4 Å². The number of aromatic nitrogens is 2. The van der Waals surface area contributed by atoms with Crippen LogP contribution in [0.2, 0.25) is 0 Å². The molecule has 6 nitrogen and oxygen atoms in total. The number of aryl methyl sites for hydroxylation is 2. The monoisotopic (exact) mass is 349 g/mol. The predicted octanol–water partition coefficient (Wildman–Crippen LogP) is 3.47. The first-order valence-corrected chi connectivity index (χ1v) is 8.54. The van der Waals surface area contributed by atoms with E-state index in [1.54, 1.807) is 18.2 Å². The van der Waals surface area contributed by atoms with E-state index in [0.717, 1.165) is 17.7 Å². The zero-order valence-corrected chi connectivity index (χ0v) is 14.7. The maximum absolute atomic E-state index is 13.1. The van der Waals surface area contributed by atoms with E-state index < -0.39 is 0 Å². The van der Waals surface area contributed by atoms with Crippen LogP contribution in [-0.2, 0) is 0 Å². The minimum atomic E-state index is -0.0344. The van der Waals surface area contributed by atoms with E-state index in [-0.39, 0.29) is 11.7 Å². The molecule has 0 bridgehead atoms.